The highest BCUT2D eigenvalue weighted by Gasteiger charge is 2.17. The first-order chi connectivity index (χ1) is 10.9. The maximum atomic E-state index is 6.24. The molecule has 0 radical (unpaired) electrons. The van der Waals surface area contributed by atoms with Crippen molar-refractivity contribution in [2.24, 2.45) is 0 Å². The lowest BCUT2D eigenvalue weighted by Gasteiger charge is -2.10. The lowest BCUT2D eigenvalue weighted by molar-refractivity contribution is 0.827. The van der Waals surface area contributed by atoms with E-state index in [1.807, 2.05) is 55.8 Å². The predicted octanol–water partition coefficient (Wildman–Crippen LogP) is 6.42. The molecule has 0 aliphatic carbocycles. The quantitative estimate of drug-likeness (QED) is 0.512. The third-order valence-corrected chi connectivity index (χ3v) is 5.12. The Morgan fingerprint density at radius 1 is 0.870 bits per heavy atom. The van der Waals surface area contributed by atoms with Gasteiger partial charge in [0.05, 0.1) is 21.4 Å². The Hall–Kier alpha value is -1.48. The number of rotatable bonds is 2. The van der Waals surface area contributed by atoms with Crippen molar-refractivity contribution in [3.05, 3.63) is 68.4 Å². The number of aromatic nitrogens is 2. The summed E-state index contributed by atoms with van der Waals surface area (Å²) in [6, 6.07) is 11.5. The molecule has 2 aromatic carbocycles. The molecule has 3 aromatic rings. The predicted molar refractivity (Wildman–Crippen MR) is 98.2 cm³/mol. The highest BCUT2D eigenvalue weighted by atomic mass is 35.5. The molecule has 0 aliphatic rings. The van der Waals surface area contributed by atoms with E-state index in [1.165, 1.54) is 0 Å². The summed E-state index contributed by atoms with van der Waals surface area (Å²) in [5.41, 5.74) is 6.00. The van der Waals surface area contributed by atoms with Crippen molar-refractivity contribution >= 4 is 34.8 Å². The molecule has 1 heterocycles. The minimum Gasteiger partial charge on any atom is -0.237 e. The molecule has 3 rings (SSSR count). The van der Waals surface area contributed by atoms with E-state index in [4.69, 9.17) is 39.9 Å². The van der Waals surface area contributed by atoms with Gasteiger partial charge in [0.2, 0.25) is 0 Å². The van der Waals surface area contributed by atoms with Gasteiger partial charge in [-0.3, -0.25) is 0 Å². The first-order valence-electron chi connectivity index (χ1n) is 7.17. The Morgan fingerprint density at radius 2 is 1.61 bits per heavy atom. The van der Waals surface area contributed by atoms with Gasteiger partial charge in [-0.25, -0.2) is 4.68 Å². The summed E-state index contributed by atoms with van der Waals surface area (Å²) in [6.45, 7) is 6.02. The minimum atomic E-state index is 0.537. The first-order valence-corrected chi connectivity index (χ1v) is 8.30. The van der Waals surface area contributed by atoms with Crippen molar-refractivity contribution in [1.82, 2.24) is 9.78 Å². The number of hydrogen-bond acceptors (Lipinski definition) is 1. The summed E-state index contributed by atoms with van der Waals surface area (Å²) in [4.78, 5) is 0. The molecule has 0 saturated carbocycles. The van der Waals surface area contributed by atoms with Crippen LogP contribution >= 0.6 is 34.8 Å². The topological polar surface area (TPSA) is 17.8 Å². The molecule has 0 fully saturated rings. The fourth-order valence-corrected chi connectivity index (χ4v) is 3.24. The number of benzene rings is 2. The standard InChI is InChI=1S/C18H15Cl3N2/c1-10-14(19)5-4-6-17(10)23-12(3)18(11(2)22-23)13-7-8-15(20)16(21)9-13/h4-9H,1-3H3. The van der Waals surface area contributed by atoms with Gasteiger partial charge in [-0.2, -0.15) is 5.10 Å². The van der Waals surface area contributed by atoms with Crippen LogP contribution in [0, 0.1) is 20.8 Å². The van der Waals surface area contributed by atoms with E-state index in [-0.39, 0.29) is 0 Å². The fourth-order valence-electron chi connectivity index (χ4n) is 2.77. The second-order valence-electron chi connectivity index (χ2n) is 5.47. The monoisotopic (exact) mass is 364 g/mol. The maximum Gasteiger partial charge on any atom is 0.0693 e. The zero-order chi connectivity index (χ0) is 16.7. The lowest BCUT2D eigenvalue weighted by Crippen LogP contribution is -2.01. The largest absolute Gasteiger partial charge is 0.237 e. The van der Waals surface area contributed by atoms with Crippen molar-refractivity contribution in [3.63, 3.8) is 0 Å². The molecule has 0 unspecified atom stereocenters. The third-order valence-electron chi connectivity index (χ3n) is 3.97. The molecule has 0 spiro atoms. The summed E-state index contributed by atoms with van der Waals surface area (Å²) in [6.07, 6.45) is 0. The van der Waals surface area contributed by atoms with Gasteiger partial charge in [0, 0.05) is 16.3 Å². The van der Waals surface area contributed by atoms with Crippen LogP contribution in [0.1, 0.15) is 17.0 Å². The minimum absolute atomic E-state index is 0.537. The summed E-state index contributed by atoms with van der Waals surface area (Å²) in [5.74, 6) is 0. The fraction of sp³-hybridized carbons (Fsp3) is 0.167. The van der Waals surface area contributed by atoms with Gasteiger partial charge < -0.3 is 0 Å². The smallest absolute Gasteiger partial charge is 0.0693 e. The first kappa shape index (κ1) is 16.4. The second-order valence-corrected chi connectivity index (χ2v) is 6.69. The molecule has 0 bridgehead atoms. The molecule has 0 atom stereocenters. The van der Waals surface area contributed by atoms with Crippen LogP contribution < -0.4 is 0 Å². The van der Waals surface area contributed by atoms with Crippen LogP contribution in [-0.2, 0) is 0 Å². The molecule has 2 nitrogen and oxygen atoms in total. The van der Waals surface area contributed by atoms with E-state index in [1.54, 1.807) is 6.07 Å². The van der Waals surface area contributed by atoms with E-state index in [2.05, 4.69) is 0 Å². The Morgan fingerprint density at radius 3 is 2.30 bits per heavy atom. The molecular weight excluding hydrogens is 351 g/mol. The van der Waals surface area contributed by atoms with Crippen molar-refractivity contribution in [3.8, 4) is 16.8 Å². The van der Waals surface area contributed by atoms with E-state index in [0.717, 1.165) is 38.8 Å². The Labute approximate surface area is 150 Å². The average Bonchev–Trinajstić information content (AvgIpc) is 2.80. The van der Waals surface area contributed by atoms with Gasteiger partial charge in [0.1, 0.15) is 0 Å². The van der Waals surface area contributed by atoms with Crippen LogP contribution in [0.25, 0.3) is 16.8 Å². The molecular formula is C18H15Cl3N2. The van der Waals surface area contributed by atoms with Gasteiger partial charge in [-0.15, -0.1) is 0 Å². The van der Waals surface area contributed by atoms with Crippen LogP contribution in [0.4, 0.5) is 0 Å². The summed E-state index contributed by atoms with van der Waals surface area (Å²) in [5, 5.41) is 6.50. The Balaban J connectivity index is 2.20. The highest BCUT2D eigenvalue weighted by molar-refractivity contribution is 6.42. The van der Waals surface area contributed by atoms with Crippen molar-refractivity contribution in [1.29, 1.82) is 0 Å². The number of nitrogens with zero attached hydrogens (tertiary/aromatic N) is 2. The molecule has 0 amide bonds. The SMILES string of the molecule is Cc1nn(-c2cccc(Cl)c2C)c(C)c1-c1ccc(Cl)c(Cl)c1. The highest BCUT2D eigenvalue weighted by Crippen LogP contribution is 2.34. The average molecular weight is 366 g/mol. The molecule has 23 heavy (non-hydrogen) atoms. The van der Waals surface area contributed by atoms with Gasteiger partial charge >= 0.3 is 0 Å². The van der Waals surface area contributed by atoms with Crippen LogP contribution in [0.15, 0.2) is 36.4 Å². The number of halogens is 3. The van der Waals surface area contributed by atoms with Gasteiger partial charge in [0.25, 0.3) is 0 Å². The van der Waals surface area contributed by atoms with E-state index in [9.17, 15) is 0 Å². The number of hydrogen-bond donors (Lipinski definition) is 0. The molecule has 5 heteroatoms. The third kappa shape index (κ3) is 2.87. The van der Waals surface area contributed by atoms with Crippen molar-refractivity contribution < 1.29 is 0 Å². The van der Waals surface area contributed by atoms with Crippen LogP contribution in [0.3, 0.4) is 0 Å². The maximum absolute atomic E-state index is 6.24. The lowest BCUT2D eigenvalue weighted by atomic mass is 10.0. The Bertz CT molecular complexity index is 898. The second kappa shape index (κ2) is 6.20. The normalized spacial score (nSPS) is 11.0. The van der Waals surface area contributed by atoms with Crippen LogP contribution in [0.5, 0.6) is 0 Å². The molecule has 0 N–H and O–H groups in total. The summed E-state index contributed by atoms with van der Waals surface area (Å²) < 4.78 is 1.92. The summed E-state index contributed by atoms with van der Waals surface area (Å²) >= 11 is 18.4. The molecule has 0 aliphatic heterocycles. The van der Waals surface area contributed by atoms with Gasteiger partial charge in [0.15, 0.2) is 0 Å². The van der Waals surface area contributed by atoms with Crippen LogP contribution in [0.2, 0.25) is 15.1 Å². The van der Waals surface area contributed by atoms with Crippen molar-refractivity contribution in [2.75, 3.05) is 0 Å². The van der Waals surface area contributed by atoms with Crippen LogP contribution in [-0.4, -0.2) is 9.78 Å². The molecule has 1 aromatic heterocycles. The van der Waals surface area contributed by atoms with Crippen molar-refractivity contribution in [2.45, 2.75) is 20.8 Å². The molecule has 118 valence electrons. The van der Waals surface area contributed by atoms with E-state index in [0.29, 0.717) is 10.0 Å². The molecule has 0 saturated heterocycles. The zero-order valence-corrected chi connectivity index (χ0v) is 15.3. The number of aryl methyl sites for hydroxylation is 1. The zero-order valence-electron chi connectivity index (χ0n) is 13.0. The van der Waals surface area contributed by atoms with Gasteiger partial charge in [-0.05, 0) is 56.2 Å². The van der Waals surface area contributed by atoms with E-state index < -0.39 is 0 Å². The summed E-state index contributed by atoms with van der Waals surface area (Å²) in [7, 11) is 0. The Kier molecular flexibility index (Phi) is 4.41. The van der Waals surface area contributed by atoms with Gasteiger partial charge in [-0.1, -0.05) is 46.9 Å². The van der Waals surface area contributed by atoms with E-state index >= 15 is 0 Å².